The minimum Gasteiger partial charge on any atom is -0.494 e. The van der Waals surface area contributed by atoms with Gasteiger partial charge in [-0.3, -0.25) is 0 Å². The van der Waals surface area contributed by atoms with Crippen LogP contribution in [0.5, 0.6) is 5.75 Å². The second-order valence-electron chi connectivity index (χ2n) is 2.53. The number of methoxy groups -OCH3 is 1. The van der Waals surface area contributed by atoms with Crippen molar-refractivity contribution in [1.82, 2.24) is 0 Å². The predicted molar refractivity (Wildman–Crippen MR) is 68.8 cm³/mol. The Labute approximate surface area is 102 Å². The van der Waals surface area contributed by atoms with Crippen LogP contribution in [-0.4, -0.2) is 7.11 Å². The van der Waals surface area contributed by atoms with Crippen LogP contribution in [-0.2, 0) is 0 Å². The maximum Gasteiger partial charge on any atom is 0.151 e. The average Bonchev–Trinajstić information content (AvgIpc) is 2.43. The molecule has 2 rings (SSSR count). The van der Waals surface area contributed by atoms with Crippen molar-refractivity contribution in [3.63, 3.8) is 0 Å². The van der Waals surface area contributed by atoms with Gasteiger partial charge >= 0.3 is 0 Å². The Morgan fingerprint density at radius 3 is 2.92 bits per heavy atom. The largest absolute Gasteiger partial charge is 0.494 e. The fraction of sp³-hybridized carbons (Fsp3) is 0.111. The number of thiophene rings is 1. The lowest BCUT2D eigenvalue weighted by Gasteiger charge is -1.97. The predicted octanol–water partition coefficient (Wildman–Crippen LogP) is 4.28. The Kier molecular flexibility index (Phi) is 2.80. The fourth-order valence-corrected chi connectivity index (χ4v) is 3.81. The van der Waals surface area contributed by atoms with Gasteiger partial charge in [-0.15, -0.1) is 11.3 Å². The van der Waals surface area contributed by atoms with Crippen molar-refractivity contribution in [2.75, 3.05) is 7.11 Å². The van der Waals surface area contributed by atoms with Crippen molar-refractivity contribution in [3.8, 4) is 5.75 Å². The molecule has 0 saturated carbocycles. The average molecular weight is 369 g/mol. The first-order valence-corrected chi connectivity index (χ1v) is 6.33. The second-order valence-corrected chi connectivity index (χ2v) is 6.03. The number of halogens is 2. The lowest BCUT2D eigenvalue weighted by molar-refractivity contribution is 0.419. The normalized spacial score (nSPS) is 10.7. The summed E-state index contributed by atoms with van der Waals surface area (Å²) in [5.74, 6) is 0.943. The van der Waals surface area contributed by atoms with Crippen molar-refractivity contribution in [2.45, 2.75) is 0 Å². The summed E-state index contributed by atoms with van der Waals surface area (Å²) < 4.78 is 8.93. The van der Waals surface area contributed by atoms with E-state index in [0.29, 0.717) is 0 Å². The zero-order valence-electron chi connectivity index (χ0n) is 6.80. The summed E-state index contributed by atoms with van der Waals surface area (Å²) in [7, 11) is 1.70. The van der Waals surface area contributed by atoms with Gasteiger partial charge in [-0.25, -0.2) is 0 Å². The standard InChI is InChI=1S/C9H6BrIOS/c1-12-7-5-3-2-4-6(11)8(5)13-9(7)10/h2-4H,1H3. The van der Waals surface area contributed by atoms with Gasteiger partial charge in [0.2, 0.25) is 0 Å². The molecule has 1 nitrogen and oxygen atoms in total. The summed E-state index contributed by atoms with van der Waals surface area (Å²) in [5.41, 5.74) is 0. The fourth-order valence-electron chi connectivity index (χ4n) is 1.22. The van der Waals surface area contributed by atoms with Gasteiger partial charge < -0.3 is 4.74 Å². The molecule has 0 fully saturated rings. The van der Waals surface area contributed by atoms with Gasteiger partial charge in [0.05, 0.1) is 11.8 Å². The van der Waals surface area contributed by atoms with Crippen LogP contribution in [0.4, 0.5) is 0 Å². The van der Waals surface area contributed by atoms with Crippen LogP contribution in [0.2, 0.25) is 0 Å². The molecule has 0 atom stereocenters. The van der Waals surface area contributed by atoms with E-state index in [4.69, 9.17) is 4.74 Å². The molecule has 1 heterocycles. The van der Waals surface area contributed by atoms with Crippen molar-refractivity contribution in [3.05, 3.63) is 25.6 Å². The molecule has 2 aromatic rings. The van der Waals surface area contributed by atoms with Crippen LogP contribution >= 0.6 is 49.9 Å². The molecule has 0 amide bonds. The lowest BCUT2D eigenvalue weighted by Crippen LogP contribution is -1.80. The van der Waals surface area contributed by atoms with Crippen LogP contribution in [0.25, 0.3) is 10.1 Å². The van der Waals surface area contributed by atoms with E-state index in [0.717, 1.165) is 9.54 Å². The van der Waals surface area contributed by atoms with Gasteiger partial charge in [0.25, 0.3) is 0 Å². The Balaban J connectivity index is 2.86. The first-order valence-electron chi connectivity index (χ1n) is 3.64. The first kappa shape index (κ1) is 9.73. The molecule has 0 radical (unpaired) electrons. The summed E-state index contributed by atoms with van der Waals surface area (Å²) in [5, 5.41) is 1.19. The third-order valence-corrected chi connectivity index (χ3v) is 4.91. The molecule has 0 saturated heterocycles. The summed E-state index contributed by atoms with van der Waals surface area (Å²) in [6, 6.07) is 6.23. The maximum atomic E-state index is 5.31. The first-order chi connectivity index (χ1) is 6.24. The monoisotopic (exact) mass is 368 g/mol. The van der Waals surface area contributed by atoms with Crippen LogP contribution in [0, 0.1) is 3.57 Å². The highest BCUT2D eigenvalue weighted by Crippen LogP contribution is 2.42. The molecule has 0 aliphatic carbocycles. The summed E-state index contributed by atoms with van der Waals surface area (Å²) in [6.07, 6.45) is 0. The zero-order valence-corrected chi connectivity index (χ0v) is 11.4. The van der Waals surface area contributed by atoms with Crippen molar-refractivity contribution in [1.29, 1.82) is 0 Å². The second kappa shape index (κ2) is 3.74. The van der Waals surface area contributed by atoms with Gasteiger partial charge in [-0.05, 0) is 50.7 Å². The van der Waals surface area contributed by atoms with Gasteiger partial charge in [-0.2, -0.15) is 0 Å². The number of hydrogen-bond acceptors (Lipinski definition) is 2. The van der Waals surface area contributed by atoms with Gasteiger partial charge in [0, 0.05) is 8.96 Å². The van der Waals surface area contributed by atoms with Crippen molar-refractivity contribution >= 4 is 59.9 Å². The Morgan fingerprint density at radius 1 is 1.46 bits per heavy atom. The Morgan fingerprint density at radius 2 is 2.23 bits per heavy atom. The molecule has 0 bridgehead atoms. The number of benzene rings is 1. The van der Waals surface area contributed by atoms with Crippen LogP contribution < -0.4 is 4.74 Å². The topological polar surface area (TPSA) is 9.23 Å². The molecule has 1 aromatic heterocycles. The molecule has 13 heavy (non-hydrogen) atoms. The minimum atomic E-state index is 0.943. The number of fused-ring (bicyclic) bond motifs is 1. The number of rotatable bonds is 1. The maximum absolute atomic E-state index is 5.31. The van der Waals surface area contributed by atoms with E-state index in [1.54, 1.807) is 18.4 Å². The molecule has 0 aliphatic heterocycles. The van der Waals surface area contributed by atoms with E-state index in [-0.39, 0.29) is 0 Å². The quantitative estimate of drug-likeness (QED) is 0.683. The Hall–Kier alpha value is 0.190. The van der Waals surface area contributed by atoms with Crippen LogP contribution in [0.3, 0.4) is 0 Å². The summed E-state index contributed by atoms with van der Waals surface area (Å²) in [6.45, 7) is 0. The van der Waals surface area contributed by atoms with Crippen molar-refractivity contribution < 1.29 is 4.74 Å². The van der Waals surface area contributed by atoms with E-state index >= 15 is 0 Å². The molecule has 0 spiro atoms. The lowest BCUT2D eigenvalue weighted by atomic mass is 10.2. The summed E-state index contributed by atoms with van der Waals surface area (Å²) >= 11 is 7.55. The molecular weight excluding hydrogens is 363 g/mol. The Bertz CT molecular complexity index is 452. The van der Waals surface area contributed by atoms with Crippen molar-refractivity contribution in [2.24, 2.45) is 0 Å². The third-order valence-electron chi connectivity index (χ3n) is 1.79. The molecule has 4 heteroatoms. The highest BCUT2D eigenvalue weighted by molar-refractivity contribution is 14.1. The van der Waals surface area contributed by atoms with Gasteiger partial charge in [0.15, 0.2) is 5.75 Å². The molecule has 68 valence electrons. The van der Waals surface area contributed by atoms with Crippen LogP contribution in [0.15, 0.2) is 22.0 Å². The molecule has 1 aromatic carbocycles. The highest BCUT2D eigenvalue weighted by atomic mass is 127. The van der Waals surface area contributed by atoms with E-state index in [1.165, 1.54) is 13.7 Å². The zero-order chi connectivity index (χ0) is 9.42. The smallest absolute Gasteiger partial charge is 0.151 e. The van der Waals surface area contributed by atoms with Gasteiger partial charge in [0.1, 0.15) is 3.79 Å². The number of hydrogen-bond donors (Lipinski definition) is 0. The highest BCUT2D eigenvalue weighted by Gasteiger charge is 2.11. The van der Waals surface area contributed by atoms with E-state index in [9.17, 15) is 0 Å². The molecule has 0 unspecified atom stereocenters. The number of ether oxygens (including phenoxy) is 1. The SMILES string of the molecule is COc1c(Br)sc2c(I)cccc12. The van der Waals surface area contributed by atoms with Crippen LogP contribution in [0.1, 0.15) is 0 Å². The van der Waals surface area contributed by atoms with E-state index < -0.39 is 0 Å². The molecular formula is C9H6BrIOS. The third kappa shape index (κ3) is 1.59. The summed E-state index contributed by atoms with van der Waals surface area (Å²) in [4.78, 5) is 0. The molecule has 0 N–H and O–H groups in total. The van der Waals surface area contributed by atoms with E-state index in [2.05, 4.69) is 50.7 Å². The van der Waals surface area contributed by atoms with Gasteiger partial charge in [-0.1, -0.05) is 6.07 Å². The van der Waals surface area contributed by atoms with E-state index in [1.807, 2.05) is 6.07 Å². The molecule has 0 aliphatic rings. The minimum absolute atomic E-state index is 0.943.